The van der Waals surface area contributed by atoms with E-state index in [1.807, 2.05) is 19.1 Å². The predicted molar refractivity (Wildman–Crippen MR) is 61.7 cm³/mol. The smallest absolute Gasteiger partial charge is 0.288 e. The largest absolute Gasteiger partial charge is 0.395 e. The summed E-state index contributed by atoms with van der Waals surface area (Å²) in [6.45, 7) is 2.59. The molecule has 2 N–H and O–H groups in total. The molecule has 16 heavy (non-hydrogen) atoms. The number of aliphatic hydroxyl groups is 1. The summed E-state index contributed by atoms with van der Waals surface area (Å²) in [5.74, 6) is -2.38. The Kier molecular flexibility index (Phi) is 5.73. The first kappa shape index (κ1) is 13.4. The highest BCUT2D eigenvalue weighted by Crippen LogP contribution is 2.24. The second-order valence-electron chi connectivity index (χ2n) is 3.49. The van der Waals surface area contributed by atoms with Crippen LogP contribution >= 0.6 is 11.8 Å². The number of rotatable bonds is 6. The standard InChI is InChI=1S/C11H15F2NOS/c1-8(7-15)14-6-9-2-4-10(5-3-9)16-11(12)13/h2-5,8,11,14-15H,6-7H2,1H3/t8-/m0/s1. The zero-order valence-electron chi connectivity index (χ0n) is 8.99. The Morgan fingerprint density at radius 2 is 1.94 bits per heavy atom. The SMILES string of the molecule is C[C@@H](CO)NCc1ccc(SC(F)F)cc1. The molecule has 0 amide bonds. The molecule has 90 valence electrons. The van der Waals surface area contributed by atoms with Crippen molar-refractivity contribution in [3.8, 4) is 0 Å². The molecule has 0 saturated heterocycles. The lowest BCUT2D eigenvalue weighted by Gasteiger charge is -2.10. The van der Waals surface area contributed by atoms with Crippen LogP contribution in [0.1, 0.15) is 12.5 Å². The topological polar surface area (TPSA) is 32.3 Å². The van der Waals surface area contributed by atoms with E-state index in [-0.39, 0.29) is 12.6 Å². The van der Waals surface area contributed by atoms with E-state index >= 15 is 0 Å². The van der Waals surface area contributed by atoms with Crippen molar-refractivity contribution in [3.05, 3.63) is 29.8 Å². The van der Waals surface area contributed by atoms with Crippen molar-refractivity contribution in [2.45, 2.75) is 30.2 Å². The predicted octanol–water partition coefficient (Wildman–Crippen LogP) is 2.47. The van der Waals surface area contributed by atoms with E-state index in [9.17, 15) is 8.78 Å². The number of hydrogen-bond acceptors (Lipinski definition) is 3. The molecule has 0 heterocycles. The number of aliphatic hydroxyl groups excluding tert-OH is 1. The molecule has 5 heteroatoms. The van der Waals surface area contributed by atoms with Crippen LogP contribution in [-0.2, 0) is 6.54 Å². The first-order valence-electron chi connectivity index (χ1n) is 5.00. The Morgan fingerprint density at radius 3 is 2.44 bits per heavy atom. The average molecular weight is 247 g/mol. The number of halogens is 2. The van der Waals surface area contributed by atoms with E-state index in [1.54, 1.807) is 12.1 Å². The van der Waals surface area contributed by atoms with E-state index in [4.69, 9.17) is 5.11 Å². The molecule has 1 aromatic carbocycles. The molecular formula is C11H15F2NOS. The third-order valence-corrected chi connectivity index (χ3v) is 2.80. The summed E-state index contributed by atoms with van der Waals surface area (Å²) in [5.41, 5.74) is 1.01. The van der Waals surface area contributed by atoms with Gasteiger partial charge in [0.2, 0.25) is 0 Å². The number of benzene rings is 1. The molecule has 0 bridgehead atoms. The second-order valence-corrected chi connectivity index (χ2v) is 4.55. The zero-order chi connectivity index (χ0) is 12.0. The summed E-state index contributed by atoms with van der Waals surface area (Å²) in [5, 5.41) is 11.9. The molecule has 0 unspecified atom stereocenters. The van der Waals surface area contributed by atoms with Crippen molar-refractivity contribution in [1.82, 2.24) is 5.32 Å². The van der Waals surface area contributed by atoms with Crippen molar-refractivity contribution in [2.24, 2.45) is 0 Å². The summed E-state index contributed by atoms with van der Waals surface area (Å²) < 4.78 is 24.1. The van der Waals surface area contributed by atoms with Crippen LogP contribution in [0, 0.1) is 0 Å². The van der Waals surface area contributed by atoms with Gasteiger partial charge in [-0.15, -0.1) is 0 Å². The molecule has 0 fully saturated rings. The van der Waals surface area contributed by atoms with Gasteiger partial charge >= 0.3 is 0 Å². The van der Waals surface area contributed by atoms with Gasteiger partial charge in [0.05, 0.1) is 6.61 Å². The Hall–Kier alpha value is -0.650. The Balaban J connectivity index is 2.45. The van der Waals surface area contributed by atoms with Crippen molar-refractivity contribution in [1.29, 1.82) is 0 Å². The Morgan fingerprint density at radius 1 is 1.31 bits per heavy atom. The number of nitrogens with one attached hydrogen (secondary N) is 1. The van der Waals surface area contributed by atoms with Gasteiger partial charge in [0.15, 0.2) is 0 Å². The third kappa shape index (κ3) is 4.92. The molecule has 0 aliphatic heterocycles. The molecule has 0 aromatic heterocycles. The maximum atomic E-state index is 12.0. The van der Waals surface area contributed by atoms with Gasteiger partial charge in [0.25, 0.3) is 5.76 Å². The summed E-state index contributed by atoms with van der Waals surface area (Å²) in [7, 11) is 0. The quantitative estimate of drug-likeness (QED) is 0.757. The summed E-state index contributed by atoms with van der Waals surface area (Å²) in [4.78, 5) is 0.564. The van der Waals surface area contributed by atoms with Crippen LogP contribution in [0.25, 0.3) is 0 Å². The molecule has 1 atom stereocenters. The number of alkyl halides is 2. The van der Waals surface area contributed by atoms with Gasteiger partial charge in [-0.1, -0.05) is 23.9 Å². The highest BCUT2D eigenvalue weighted by molar-refractivity contribution is 7.99. The molecule has 2 nitrogen and oxygen atoms in total. The highest BCUT2D eigenvalue weighted by atomic mass is 32.2. The van der Waals surface area contributed by atoms with Crippen molar-refractivity contribution < 1.29 is 13.9 Å². The van der Waals surface area contributed by atoms with Crippen LogP contribution in [0.2, 0.25) is 0 Å². The van der Waals surface area contributed by atoms with E-state index in [0.717, 1.165) is 5.56 Å². The minimum atomic E-state index is -2.38. The fraction of sp³-hybridized carbons (Fsp3) is 0.455. The number of hydrogen-bond donors (Lipinski definition) is 2. The Labute approximate surface area is 98.1 Å². The van der Waals surface area contributed by atoms with Crippen molar-refractivity contribution in [2.75, 3.05) is 6.61 Å². The fourth-order valence-electron chi connectivity index (χ4n) is 1.15. The normalized spacial score (nSPS) is 13.1. The molecule has 1 rings (SSSR count). The summed E-state index contributed by atoms with van der Waals surface area (Å²) in [6, 6.07) is 7.01. The molecular weight excluding hydrogens is 232 g/mol. The molecule has 0 saturated carbocycles. The monoisotopic (exact) mass is 247 g/mol. The third-order valence-electron chi connectivity index (χ3n) is 2.08. The van der Waals surface area contributed by atoms with Gasteiger partial charge in [-0.05, 0) is 24.6 Å². The maximum absolute atomic E-state index is 12.0. The molecule has 0 radical (unpaired) electrons. The Bertz CT molecular complexity index is 305. The fourth-order valence-corrected chi connectivity index (χ4v) is 1.64. The lowest BCUT2D eigenvalue weighted by atomic mass is 10.2. The molecule has 0 aliphatic rings. The van der Waals surface area contributed by atoms with E-state index in [1.165, 1.54) is 0 Å². The minimum Gasteiger partial charge on any atom is -0.395 e. The van der Waals surface area contributed by atoms with Gasteiger partial charge in [0.1, 0.15) is 0 Å². The lowest BCUT2D eigenvalue weighted by molar-refractivity contribution is 0.251. The molecule has 1 aromatic rings. The molecule has 0 aliphatic carbocycles. The van der Waals surface area contributed by atoms with E-state index < -0.39 is 5.76 Å². The van der Waals surface area contributed by atoms with Gasteiger partial charge in [0, 0.05) is 17.5 Å². The van der Waals surface area contributed by atoms with Gasteiger partial charge in [-0.25, -0.2) is 0 Å². The first-order chi connectivity index (χ1) is 7.61. The first-order valence-corrected chi connectivity index (χ1v) is 5.87. The second kappa shape index (κ2) is 6.83. The van der Waals surface area contributed by atoms with Crippen LogP contribution in [0.5, 0.6) is 0 Å². The van der Waals surface area contributed by atoms with Crippen LogP contribution < -0.4 is 5.32 Å². The van der Waals surface area contributed by atoms with Crippen molar-refractivity contribution in [3.63, 3.8) is 0 Å². The van der Waals surface area contributed by atoms with Crippen LogP contribution in [0.3, 0.4) is 0 Å². The van der Waals surface area contributed by atoms with Gasteiger partial charge in [-0.3, -0.25) is 0 Å². The van der Waals surface area contributed by atoms with Gasteiger partial charge < -0.3 is 10.4 Å². The summed E-state index contributed by atoms with van der Waals surface area (Å²) >= 11 is 0.542. The van der Waals surface area contributed by atoms with Crippen LogP contribution in [-0.4, -0.2) is 23.5 Å². The highest BCUT2D eigenvalue weighted by Gasteiger charge is 2.05. The zero-order valence-corrected chi connectivity index (χ0v) is 9.81. The number of thioether (sulfide) groups is 1. The van der Waals surface area contributed by atoms with Crippen LogP contribution in [0.15, 0.2) is 29.2 Å². The van der Waals surface area contributed by atoms with E-state index in [2.05, 4.69) is 5.32 Å². The lowest BCUT2D eigenvalue weighted by Crippen LogP contribution is -2.28. The molecule has 0 spiro atoms. The maximum Gasteiger partial charge on any atom is 0.288 e. The van der Waals surface area contributed by atoms with E-state index in [0.29, 0.717) is 23.2 Å². The van der Waals surface area contributed by atoms with Gasteiger partial charge in [-0.2, -0.15) is 8.78 Å². The summed E-state index contributed by atoms with van der Waals surface area (Å²) in [6.07, 6.45) is 0. The minimum absolute atomic E-state index is 0.0371. The van der Waals surface area contributed by atoms with Crippen LogP contribution in [0.4, 0.5) is 8.78 Å². The average Bonchev–Trinajstić information content (AvgIpc) is 2.27. The van der Waals surface area contributed by atoms with Crippen molar-refractivity contribution >= 4 is 11.8 Å².